The lowest BCUT2D eigenvalue weighted by molar-refractivity contribution is -0.0905. The summed E-state index contributed by atoms with van der Waals surface area (Å²) in [6.45, 7) is 5.20. The predicted octanol–water partition coefficient (Wildman–Crippen LogP) is 3.76. The number of hydrogen-bond acceptors (Lipinski definition) is 8. The molecule has 11 heteroatoms. The summed E-state index contributed by atoms with van der Waals surface area (Å²) in [6, 6.07) is 12.5. The quantitative estimate of drug-likeness (QED) is 0.332. The molecule has 10 nitrogen and oxygen atoms in total. The number of nitrogens with one attached hydrogen (secondary N) is 2. The molecule has 1 aliphatic rings. The number of carbonyl (C=O) groups is 1. The van der Waals surface area contributed by atoms with Crippen molar-refractivity contribution in [1.82, 2.24) is 10.0 Å². The molecule has 0 aromatic heterocycles. The van der Waals surface area contributed by atoms with Gasteiger partial charge in [0.2, 0.25) is 10.0 Å². The highest BCUT2D eigenvalue weighted by Gasteiger charge is 2.36. The third-order valence-electron chi connectivity index (χ3n) is 6.30. The van der Waals surface area contributed by atoms with Crippen molar-refractivity contribution in [3.05, 3.63) is 54.1 Å². The zero-order valence-corrected chi connectivity index (χ0v) is 24.0. The summed E-state index contributed by atoms with van der Waals surface area (Å²) < 4.78 is 51.5. The SMILES string of the molecule is COc1ccc(S(=O)(=O)NC(OC2CCCC2)[C@H](O)[C@H](Cc2ccccc2)NC(=O)OC(C)(C)C)cc1OC. The molecule has 2 aromatic rings. The third-order valence-corrected chi connectivity index (χ3v) is 7.72. The van der Waals surface area contributed by atoms with Crippen LogP contribution in [-0.4, -0.2) is 63.9 Å². The van der Waals surface area contributed by atoms with Crippen molar-refractivity contribution in [3.8, 4) is 11.5 Å². The largest absolute Gasteiger partial charge is 0.493 e. The maximum atomic E-state index is 13.5. The Hall–Kier alpha value is -2.86. The van der Waals surface area contributed by atoms with Crippen LogP contribution in [0.1, 0.15) is 52.0 Å². The first-order chi connectivity index (χ1) is 18.4. The molecular weight excluding hydrogens is 524 g/mol. The van der Waals surface area contributed by atoms with Crippen LogP contribution in [0.15, 0.2) is 53.4 Å². The highest BCUT2D eigenvalue weighted by Crippen LogP contribution is 2.30. The standard InChI is InChI=1S/C28H40N2O8S/c1-28(2,3)38-27(32)29-22(17-19-11-7-6-8-12-19)25(31)26(37-20-13-9-10-14-20)30-39(33,34)21-15-16-23(35-4)24(18-21)36-5/h6-8,11-12,15-16,18,20,22,25-26,30-31H,9-10,13-14,17H2,1-5H3,(H,29,32)/t22-,25+,26?/m0/s1. The molecule has 0 saturated heterocycles. The highest BCUT2D eigenvalue weighted by molar-refractivity contribution is 7.89. The number of benzene rings is 2. The number of aliphatic hydroxyl groups excluding tert-OH is 1. The summed E-state index contributed by atoms with van der Waals surface area (Å²) in [5.41, 5.74) is 0.0705. The van der Waals surface area contributed by atoms with Crippen molar-refractivity contribution in [2.45, 2.75) is 87.8 Å². The molecular formula is C28H40N2O8S. The van der Waals surface area contributed by atoms with Gasteiger partial charge in [-0.2, -0.15) is 4.72 Å². The average Bonchev–Trinajstić information content (AvgIpc) is 3.39. The molecule has 0 spiro atoms. The third kappa shape index (κ3) is 9.10. The van der Waals surface area contributed by atoms with Crippen LogP contribution in [0.5, 0.6) is 11.5 Å². The van der Waals surface area contributed by atoms with Crippen molar-refractivity contribution < 1.29 is 37.3 Å². The Labute approximate surface area is 231 Å². The van der Waals surface area contributed by atoms with E-state index < -0.39 is 40.1 Å². The Bertz CT molecular complexity index is 1180. The van der Waals surface area contributed by atoms with Gasteiger partial charge in [0.15, 0.2) is 11.5 Å². The van der Waals surface area contributed by atoms with Crippen molar-refractivity contribution in [3.63, 3.8) is 0 Å². The van der Waals surface area contributed by atoms with Crippen molar-refractivity contribution in [1.29, 1.82) is 0 Å². The number of hydrogen-bond donors (Lipinski definition) is 3. The second-order valence-electron chi connectivity index (χ2n) is 10.5. The topological polar surface area (TPSA) is 132 Å². The predicted molar refractivity (Wildman–Crippen MR) is 146 cm³/mol. The normalized spacial score (nSPS) is 16.8. The fraction of sp³-hybridized carbons (Fsp3) is 0.536. The maximum Gasteiger partial charge on any atom is 0.407 e. The molecule has 1 amide bonds. The smallest absolute Gasteiger partial charge is 0.407 e. The van der Waals surface area contributed by atoms with Gasteiger partial charge in [-0.3, -0.25) is 0 Å². The number of rotatable bonds is 12. The minimum atomic E-state index is -4.18. The zero-order chi connectivity index (χ0) is 28.6. The first kappa shape index (κ1) is 30.7. The average molecular weight is 565 g/mol. The summed E-state index contributed by atoms with van der Waals surface area (Å²) >= 11 is 0. The molecule has 216 valence electrons. The van der Waals surface area contributed by atoms with Crippen LogP contribution in [0.2, 0.25) is 0 Å². The van der Waals surface area contributed by atoms with Crippen molar-refractivity contribution in [2.75, 3.05) is 14.2 Å². The van der Waals surface area contributed by atoms with Gasteiger partial charge in [0.05, 0.1) is 31.3 Å². The van der Waals surface area contributed by atoms with Gasteiger partial charge in [0, 0.05) is 6.07 Å². The minimum Gasteiger partial charge on any atom is -0.493 e. The van der Waals surface area contributed by atoms with Crippen LogP contribution in [0.4, 0.5) is 4.79 Å². The molecule has 1 aliphatic carbocycles. The second kappa shape index (κ2) is 13.5. The van der Waals surface area contributed by atoms with E-state index in [1.807, 2.05) is 30.3 Å². The first-order valence-corrected chi connectivity index (χ1v) is 14.5. The van der Waals surface area contributed by atoms with Gasteiger partial charge >= 0.3 is 6.09 Å². The van der Waals surface area contributed by atoms with Crippen LogP contribution < -0.4 is 19.5 Å². The molecule has 0 aliphatic heterocycles. The molecule has 3 atom stereocenters. The Morgan fingerprint density at radius 1 is 1.03 bits per heavy atom. The lowest BCUT2D eigenvalue weighted by Crippen LogP contribution is -2.57. The van der Waals surface area contributed by atoms with Gasteiger partial charge in [0.25, 0.3) is 0 Å². The monoisotopic (exact) mass is 564 g/mol. The Balaban J connectivity index is 1.92. The summed E-state index contributed by atoms with van der Waals surface area (Å²) in [4.78, 5) is 12.6. The van der Waals surface area contributed by atoms with Crippen LogP contribution in [-0.2, 0) is 25.9 Å². The fourth-order valence-corrected chi connectivity index (χ4v) is 5.56. The Kier molecular flexibility index (Phi) is 10.6. The summed E-state index contributed by atoms with van der Waals surface area (Å²) in [5, 5.41) is 14.3. The van der Waals surface area contributed by atoms with Gasteiger partial charge in [-0.05, 0) is 57.7 Å². The number of methoxy groups -OCH3 is 2. The van der Waals surface area contributed by atoms with E-state index in [1.54, 1.807) is 20.8 Å². The molecule has 0 radical (unpaired) electrons. The van der Waals surface area contributed by atoms with Crippen LogP contribution in [0.25, 0.3) is 0 Å². The van der Waals surface area contributed by atoms with Gasteiger partial charge in [-0.15, -0.1) is 0 Å². The first-order valence-electron chi connectivity index (χ1n) is 13.0. The lowest BCUT2D eigenvalue weighted by atomic mass is 10.0. The van der Waals surface area contributed by atoms with Crippen molar-refractivity contribution >= 4 is 16.1 Å². The number of carbonyl (C=O) groups excluding carboxylic acids is 1. The summed E-state index contributed by atoms with van der Waals surface area (Å²) in [5.74, 6) is 0.613. The number of ether oxygens (including phenoxy) is 4. The number of sulfonamides is 1. The van der Waals surface area contributed by atoms with E-state index in [0.29, 0.717) is 5.75 Å². The lowest BCUT2D eigenvalue weighted by Gasteiger charge is -2.33. The highest BCUT2D eigenvalue weighted by atomic mass is 32.2. The molecule has 3 N–H and O–H groups in total. The molecule has 3 rings (SSSR count). The van der Waals surface area contributed by atoms with E-state index in [-0.39, 0.29) is 23.2 Å². The molecule has 1 fully saturated rings. The van der Waals surface area contributed by atoms with E-state index in [2.05, 4.69) is 10.0 Å². The van der Waals surface area contributed by atoms with E-state index in [9.17, 15) is 18.3 Å². The van der Waals surface area contributed by atoms with E-state index >= 15 is 0 Å². The van der Waals surface area contributed by atoms with Gasteiger partial charge in [0.1, 0.15) is 17.9 Å². The van der Waals surface area contributed by atoms with E-state index in [4.69, 9.17) is 18.9 Å². The second-order valence-corrected chi connectivity index (χ2v) is 12.2. The van der Waals surface area contributed by atoms with Crippen LogP contribution >= 0.6 is 0 Å². The number of amides is 1. The Morgan fingerprint density at radius 3 is 2.26 bits per heavy atom. The molecule has 1 unspecified atom stereocenters. The molecule has 39 heavy (non-hydrogen) atoms. The van der Waals surface area contributed by atoms with Crippen LogP contribution in [0, 0.1) is 0 Å². The van der Waals surface area contributed by atoms with Crippen LogP contribution in [0.3, 0.4) is 0 Å². The van der Waals surface area contributed by atoms with Gasteiger partial charge in [-0.1, -0.05) is 43.2 Å². The van der Waals surface area contributed by atoms with E-state index in [0.717, 1.165) is 31.2 Å². The molecule has 2 aromatic carbocycles. The maximum absolute atomic E-state index is 13.5. The zero-order valence-electron chi connectivity index (χ0n) is 23.2. The van der Waals surface area contributed by atoms with Gasteiger partial charge in [-0.25, -0.2) is 13.2 Å². The summed E-state index contributed by atoms with van der Waals surface area (Å²) in [7, 11) is -1.32. The molecule has 0 bridgehead atoms. The van der Waals surface area contributed by atoms with E-state index in [1.165, 1.54) is 32.4 Å². The number of aliphatic hydroxyl groups is 1. The van der Waals surface area contributed by atoms with Crippen molar-refractivity contribution in [2.24, 2.45) is 0 Å². The Morgan fingerprint density at radius 2 is 1.67 bits per heavy atom. The fourth-order valence-electron chi connectivity index (χ4n) is 4.41. The van der Waals surface area contributed by atoms with Gasteiger partial charge < -0.3 is 29.4 Å². The molecule has 0 heterocycles. The summed E-state index contributed by atoms with van der Waals surface area (Å²) in [6.07, 6.45) is -0.193. The molecule has 1 saturated carbocycles. The number of alkyl carbamates (subject to hydrolysis) is 1. The minimum absolute atomic E-state index is 0.0907.